The second-order valence-electron chi connectivity index (χ2n) is 2.73. The number of nitrogens with one attached hydrogen (secondary N) is 1. The number of hydrogen-bond donors (Lipinski definition) is 1. The minimum atomic E-state index is -0.948. The minimum absolute atomic E-state index is 0.389. The number of amides is 1. The van der Waals surface area contributed by atoms with Crippen LogP contribution in [0.15, 0.2) is 24.3 Å². The van der Waals surface area contributed by atoms with E-state index in [0.717, 1.165) is 0 Å². The van der Waals surface area contributed by atoms with Crippen LogP contribution in [0.2, 0.25) is 5.02 Å². The van der Waals surface area contributed by atoms with Gasteiger partial charge in [0.05, 0.1) is 0 Å². The molecular formula is C10H9ClN2O2. The largest absolute Gasteiger partial charge is 0.349 e. The van der Waals surface area contributed by atoms with E-state index >= 15 is 0 Å². The summed E-state index contributed by atoms with van der Waals surface area (Å²) < 4.78 is 4.70. The van der Waals surface area contributed by atoms with Gasteiger partial charge in [-0.1, -0.05) is 17.7 Å². The van der Waals surface area contributed by atoms with E-state index in [1.165, 1.54) is 13.2 Å². The van der Waals surface area contributed by atoms with Crippen LogP contribution in [0.3, 0.4) is 0 Å². The van der Waals surface area contributed by atoms with Gasteiger partial charge in [0.1, 0.15) is 6.07 Å². The zero-order valence-electron chi connectivity index (χ0n) is 8.03. The van der Waals surface area contributed by atoms with Gasteiger partial charge in [0.15, 0.2) is 0 Å². The summed E-state index contributed by atoms with van der Waals surface area (Å²) in [4.78, 5) is 11.5. The number of nitriles is 1. The maximum Gasteiger partial charge on any atom is 0.254 e. The Morgan fingerprint density at radius 2 is 2.40 bits per heavy atom. The van der Waals surface area contributed by atoms with E-state index in [0.29, 0.717) is 10.6 Å². The van der Waals surface area contributed by atoms with Crippen molar-refractivity contribution in [1.82, 2.24) is 5.32 Å². The number of ether oxygens (including phenoxy) is 1. The van der Waals surface area contributed by atoms with Gasteiger partial charge in [-0.05, 0) is 18.2 Å². The number of carbonyl (C=O) groups is 1. The summed E-state index contributed by atoms with van der Waals surface area (Å²) >= 11 is 5.72. The van der Waals surface area contributed by atoms with Crippen LogP contribution in [0.1, 0.15) is 10.4 Å². The van der Waals surface area contributed by atoms with Crippen LogP contribution in [0.5, 0.6) is 0 Å². The van der Waals surface area contributed by atoms with Crippen LogP contribution in [-0.2, 0) is 4.74 Å². The van der Waals surface area contributed by atoms with Crippen molar-refractivity contribution in [2.75, 3.05) is 7.11 Å². The fraction of sp³-hybridized carbons (Fsp3) is 0.200. The lowest BCUT2D eigenvalue weighted by atomic mass is 10.2. The Morgan fingerprint density at radius 1 is 1.67 bits per heavy atom. The van der Waals surface area contributed by atoms with E-state index in [4.69, 9.17) is 21.6 Å². The second kappa shape index (κ2) is 5.35. The molecule has 0 fully saturated rings. The van der Waals surface area contributed by atoms with E-state index < -0.39 is 12.1 Å². The average molecular weight is 225 g/mol. The third-order valence-electron chi connectivity index (χ3n) is 1.70. The molecule has 0 bridgehead atoms. The van der Waals surface area contributed by atoms with E-state index in [-0.39, 0.29) is 0 Å². The van der Waals surface area contributed by atoms with Crippen molar-refractivity contribution in [3.8, 4) is 6.07 Å². The van der Waals surface area contributed by atoms with Crippen LogP contribution in [0, 0.1) is 11.3 Å². The van der Waals surface area contributed by atoms with Gasteiger partial charge in [0.2, 0.25) is 6.23 Å². The van der Waals surface area contributed by atoms with Gasteiger partial charge >= 0.3 is 0 Å². The molecule has 0 spiro atoms. The maximum atomic E-state index is 11.5. The number of halogens is 1. The summed E-state index contributed by atoms with van der Waals surface area (Å²) in [5.74, 6) is -0.397. The number of benzene rings is 1. The molecule has 1 unspecified atom stereocenters. The predicted molar refractivity (Wildman–Crippen MR) is 55.3 cm³/mol. The topological polar surface area (TPSA) is 62.1 Å². The first-order chi connectivity index (χ1) is 7.17. The van der Waals surface area contributed by atoms with Crippen molar-refractivity contribution in [2.45, 2.75) is 6.23 Å². The molecule has 4 nitrogen and oxygen atoms in total. The van der Waals surface area contributed by atoms with Crippen LogP contribution in [0.4, 0.5) is 0 Å². The monoisotopic (exact) mass is 224 g/mol. The Morgan fingerprint density at radius 3 is 2.93 bits per heavy atom. The van der Waals surface area contributed by atoms with Gasteiger partial charge in [-0.3, -0.25) is 4.79 Å². The molecule has 1 aromatic carbocycles. The molecule has 0 radical (unpaired) electrons. The molecule has 1 atom stereocenters. The van der Waals surface area contributed by atoms with E-state index in [9.17, 15) is 4.79 Å². The fourth-order valence-electron chi connectivity index (χ4n) is 0.976. The van der Waals surface area contributed by atoms with Gasteiger partial charge in [-0.15, -0.1) is 0 Å². The molecule has 0 saturated carbocycles. The molecule has 1 N–H and O–H groups in total. The molecule has 1 rings (SSSR count). The van der Waals surface area contributed by atoms with E-state index in [2.05, 4.69) is 5.32 Å². The Kier molecular flexibility index (Phi) is 4.10. The minimum Gasteiger partial charge on any atom is -0.349 e. The fourth-order valence-corrected chi connectivity index (χ4v) is 1.17. The van der Waals surface area contributed by atoms with Crippen molar-refractivity contribution in [3.63, 3.8) is 0 Å². The van der Waals surface area contributed by atoms with Crippen molar-refractivity contribution in [2.24, 2.45) is 0 Å². The SMILES string of the molecule is COC(C#N)NC(=O)c1cccc(Cl)c1. The second-order valence-corrected chi connectivity index (χ2v) is 3.17. The van der Waals surface area contributed by atoms with Gasteiger partial charge in [-0.25, -0.2) is 0 Å². The third-order valence-corrected chi connectivity index (χ3v) is 1.94. The molecule has 1 aromatic rings. The summed E-state index contributed by atoms with van der Waals surface area (Å²) in [5.41, 5.74) is 0.389. The van der Waals surface area contributed by atoms with Gasteiger partial charge in [0.25, 0.3) is 5.91 Å². The molecule has 1 amide bonds. The quantitative estimate of drug-likeness (QED) is 0.793. The van der Waals surface area contributed by atoms with Gasteiger partial charge in [0, 0.05) is 17.7 Å². The highest BCUT2D eigenvalue weighted by Gasteiger charge is 2.11. The first-order valence-electron chi connectivity index (χ1n) is 4.16. The van der Waals surface area contributed by atoms with Crippen molar-refractivity contribution >= 4 is 17.5 Å². The molecular weight excluding hydrogens is 216 g/mol. The van der Waals surface area contributed by atoms with Crippen molar-refractivity contribution in [1.29, 1.82) is 5.26 Å². The summed E-state index contributed by atoms with van der Waals surface area (Å²) in [6.07, 6.45) is -0.948. The van der Waals surface area contributed by atoms with Crippen molar-refractivity contribution in [3.05, 3.63) is 34.9 Å². The first-order valence-corrected chi connectivity index (χ1v) is 4.54. The number of methoxy groups -OCH3 is 1. The van der Waals surface area contributed by atoms with E-state index in [1.54, 1.807) is 24.3 Å². The van der Waals surface area contributed by atoms with Crippen LogP contribution in [0.25, 0.3) is 0 Å². The molecule has 15 heavy (non-hydrogen) atoms. The molecule has 0 aliphatic heterocycles. The highest BCUT2D eigenvalue weighted by molar-refractivity contribution is 6.30. The smallest absolute Gasteiger partial charge is 0.254 e. The zero-order chi connectivity index (χ0) is 11.3. The molecule has 78 valence electrons. The van der Waals surface area contributed by atoms with Crippen LogP contribution in [-0.4, -0.2) is 19.2 Å². The highest BCUT2D eigenvalue weighted by Crippen LogP contribution is 2.10. The number of nitrogens with zero attached hydrogens (tertiary/aromatic N) is 1. The molecule has 0 aromatic heterocycles. The standard InChI is InChI=1S/C10H9ClN2O2/c1-15-9(6-12)13-10(14)7-3-2-4-8(11)5-7/h2-5,9H,1H3,(H,13,14). The third kappa shape index (κ3) is 3.24. The lowest BCUT2D eigenvalue weighted by Gasteiger charge is -2.09. The molecule has 5 heteroatoms. The molecule has 0 aliphatic rings. The maximum absolute atomic E-state index is 11.5. The van der Waals surface area contributed by atoms with Gasteiger partial charge < -0.3 is 10.1 Å². The van der Waals surface area contributed by atoms with Crippen LogP contribution >= 0.6 is 11.6 Å². The Balaban J connectivity index is 2.74. The highest BCUT2D eigenvalue weighted by atomic mass is 35.5. The zero-order valence-corrected chi connectivity index (χ0v) is 8.78. The summed E-state index contributed by atoms with van der Waals surface area (Å²) in [7, 11) is 1.34. The predicted octanol–water partition coefficient (Wildman–Crippen LogP) is 1.57. The summed E-state index contributed by atoms with van der Waals surface area (Å²) in [6, 6.07) is 8.22. The number of rotatable bonds is 3. The normalized spacial score (nSPS) is 11.5. The lowest BCUT2D eigenvalue weighted by Crippen LogP contribution is -2.34. The molecule has 0 saturated heterocycles. The summed E-state index contributed by atoms with van der Waals surface area (Å²) in [5, 5.41) is 11.4. The first kappa shape index (κ1) is 11.5. The van der Waals surface area contributed by atoms with Crippen molar-refractivity contribution < 1.29 is 9.53 Å². The number of hydrogen-bond acceptors (Lipinski definition) is 3. The Bertz CT molecular complexity index is 401. The molecule has 0 heterocycles. The van der Waals surface area contributed by atoms with Crippen LogP contribution < -0.4 is 5.32 Å². The van der Waals surface area contributed by atoms with E-state index in [1.807, 2.05) is 0 Å². The Hall–Kier alpha value is -1.57. The Labute approximate surface area is 92.4 Å². The lowest BCUT2D eigenvalue weighted by molar-refractivity contribution is 0.0764. The molecule has 0 aliphatic carbocycles. The number of carbonyl (C=O) groups excluding carboxylic acids is 1. The summed E-state index contributed by atoms with van der Waals surface area (Å²) in [6.45, 7) is 0. The van der Waals surface area contributed by atoms with Gasteiger partial charge in [-0.2, -0.15) is 5.26 Å². The average Bonchev–Trinajstić information content (AvgIpc) is 2.25.